The third-order valence-electron chi connectivity index (χ3n) is 3.58. The van der Waals surface area contributed by atoms with Crippen LogP contribution in [-0.4, -0.2) is 26.3 Å². The van der Waals surface area contributed by atoms with Crippen LogP contribution in [0.15, 0.2) is 46.0 Å². The van der Waals surface area contributed by atoms with Gasteiger partial charge in [-0.1, -0.05) is 30.0 Å². The highest BCUT2D eigenvalue weighted by atomic mass is 32.2. The number of carbonyl (C=O) groups is 1. The molecule has 118 valence electrons. The summed E-state index contributed by atoms with van der Waals surface area (Å²) in [7, 11) is 0. The molecule has 0 spiro atoms. The van der Waals surface area contributed by atoms with E-state index in [-0.39, 0.29) is 11.5 Å². The summed E-state index contributed by atoms with van der Waals surface area (Å²) in [6, 6.07) is 12.0. The maximum absolute atomic E-state index is 12.5. The normalized spacial score (nSPS) is 10.9. The molecule has 0 saturated heterocycles. The molecule has 23 heavy (non-hydrogen) atoms. The maximum atomic E-state index is 12.5. The third kappa shape index (κ3) is 3.22. The summed E-state index contributed by atoms with van der Waals surface area (Å²) in [5.41, 5.74) is 3.77. The maximum Gasteiger partial charge on any atom is 0.277 e. The molecule has 0 unspecified atom stereocenters. The van der Waals surface area contributed by atoms with Crippen LogP contribution in [-0.2, 0) is 0 Å². The molecule has 5 nitrogen and oxygen atoms in total. The molecule has 0 aliphatic rings. The van der Waals surface area contributed by atoms with E-state index in [1.807, 2.05) is 50.2 Å². The first-order chi connectivity index (χ1) is 11.1. The van der Waals surface area contributed by atoms with Crippen LogP contribution >= 0.6 is 11.8 Å². The molecule has 1 aromatic carbocycles. The number of ketones is 1. The predicted octanol–water partition coefficient (Wildman–Crippen LogP) is 3.76. The lowest BCUT2D eigenvalue weighted by Crippen LogP contribution is -2.05. The Labute approximate surface area is 138 Å². The number of hydrogen-bond acceptors (Lipinski definition) is 5. The Balaban J connectivity index is 1.82. The summed E-state index contributed by atoms with van der Waals surface area (Å²) >= 11 is 1.26. The highest BCUT2D eigenvalue weighted by molar-refractivity contribution is 7.99. The van der Waals surface area contributed by atoms with Crippen LogP contribution in [0.3, 0.4) is 0 Å². The van der Waals surface area contributed by atoms with E-state index in [1.165, 1.54) is 11.8 Å². The standard InChI is InChI=1S/C17H17N3O2S/c1-11-9-15(12(2)20(11)14-7-5-4-6-8-14)16(21)10-23-17-19-18-13(3)22-17/h4-9H,10H2,1-3H3. The molecule has 0 N–H and O–H groups in total. The van der Waals surface area contributed by atoms with Gasteiger partial charge in [-0.05, 0) is 32.0 Å². The molecule has 0 bridgehead atoms. The number of aromatic nitrogens is 3. The van der Waals surface area contributed by atoms with E-state index in [2.05, 4.69) is 14.8 Å². The first-order valence-electron chi connectivity index (χ1n) is 7.26. The molecule has 0 atom stereocenters. The minimum absolute atomic E-state index is 0.0566. The number of benzene rings is 1. The smallest absolute Gasteiger partial charge is 0.277 e. The van der Waals surface area contributed by atoms with E-state index in [0.29, 0.717) is 11.1 Å². The van der Waals surface area contributed by atoms with Gasteiger partial charge in [-0.2, -0.15) is 0 Å². The molecule has 0 aliphatic carbocycles. The second-order valence-corrected chi connectivity index (χ2v) is 6.18. The van der Waals surface area contributed by atoms with Gasteiger partial charge in [-0.3, -0.25) is 4.79 Å². The van der Waals surface area contributed by atoms with Gasteiger partial charge in [0.2, 0.25) is 5.89 Å². The summed E-state index contributed by atoms with van der Waals surface area (Å²) in [4.78, 5) is 12.5. The average Bonchev–Trinajstić information content (AvgIpc) is 3.09. The van der Waals surface area contributed by atoms with Crippen molar-refractivity contribution in [2.24, 2.45) is 0 Å². The average molecular weight is 327 g/mol. The molecular formula is C17H17N3O2S. The van der Waals surface area contributed by atoms with E-state index in [0.717, 1.165) is 22.6 Å². The Hall–Kier alpha value is -2.34. The minimum atomic E-state index is 0.0566. The first-order valence-corrected chi connectivity index (χ1v) is 8.25. The van der Waals surface area contributed by atoms with Crippen molar-refractivity contribution < 1.29 is 9.21 Å². The molecule has 3 aromatic rings. The highest BCUT2D eigenvalue weighted by Crippen LogP contribution is 2.23. The van der Waals surface area contributed by atoms with Crippen LogP contribution in [0.2, 0.25) is 0 Å². The Bertz CT molecular complexity index is 837. The van der Waals surface area contributed by atoms with E-state index in [9.17, 15) is 4.79 Å². The van der Waals surface area contributed by atoms with Crippen LogP contribution < -0.4 is 0 Å². The zero-order chi connectivity index (χ0) is 16.4. The molecule has 3 rings (SSSR count). The lowest BCUT2D eigenvalue weighted by atomic mass is 10.2. The monoisotopic (exact) mass is 327 g/mol. The van der Waals surface area contributed by atoms with E-state index < -0.39 is 0 Å². The van der Waals surface area contributed by atoms with Crippen molar-refractivity contribution in [2.75, 3.05) is 5.75 Å². The molecule has 0 amide bonds. The van der Waals surface area contributed by atoms with Crippen molar-refractivity contribution in [1.82, 2.24) is 14.8 Å². The number of aryl methyl sites for hydroxylation is 2. The van der Waals surface area contributed by atoms with Crippen molar-refractivity contribution in [3.63, 3.8) is 0 Å². The van der Waals surface area contributed by atoms with Crippen molar-refractivity contribution in [3.8, 4) is 5.69 Å². The molecule has 2 heterocycles. The lowest BCUT2D eigenvalue weighted by Gasteiger charge is -2.09. The Morgan fingerprint density at radius 1 is 1.17 bits per heavy atom. The van der Waals surface area contributed by atoms with E-state index >= 15 is 0 Å². The van der Waals surface area contributed by atoms with Crippen LogP contribution in [0, 0.1) is 20.8 Å². The zero-order valence-corrected chi connectivity index (χ0v) is 14.1. The topological polar surface area (TPSA) is 60.9 Å². The number of hydrogen-bond donors (Lipinski definition) is 0. The zero-order valence-electron chi connectivity index (χ0n) is 13.2. The second kappa shape index (κ2) is 6.42. The van der Waals surface area contributed by atoms with E-state index in [1.54, 1.807) is 6.92 Å². The van der Waals surface area contributed by atoms with Crippen LogP contribution in [0.25, 0.3) is 5.69 Å². The fraction of sp³-hybridized carbons (Fsp3) is 0.235. The number of nitrogens with zero attached hydrogens (tertiary/aromatic N) is 3. The van der Waals surface area contributed by atoms with Gasteiger partial charge in [0.25, 0.3) is 5.22 Å². The number of Topliss-reactive ketones (excluding diaryl/α,β-unsaturated/α-hetero) is 1. The van der Waals surface area contributed by atoms with Gasteiger partial charge in [-0.25, -0.2) is 0 Å². The Morgan fingerprint density at radius 3 is 2.57 bits per heavy atom. The summed E-state index contributed by atoms with van der Waals surface area (Å²) in [6.07, 6.45) is 0. The Morgan fingerprint density at radius 2 is 1.91 bits per heavy atom. The van der Waals surface area contributed by atoms with Gasteiger partial charge in [-0.15, -0.1) is 10.2 Å². The van der Waals surface area contributed by atoms with Gasteiger partial charge in [0.15, 0.2) is 5.78 Å². The summed E-state index contributed by atoms with van der Waals surface area (Å²) in [5, 5.41) is 8.08. The summed E-state index contributed by atoms with van der Waals surface area (Å²) in [5.74, 6) is 0.837. The quantitative estimate of drug-likeness (QED) is 0.527. The number of rotatable bonds is 5. The molecule has 0 aliphatic heterocycles. The largest absolute Gasteiger partial charge is 0.416 e. The molecule has 0 saturated carbocycles. The first kappa shape index (κ1) is 15.6. The molecule has 0 fully saturated rings. The number of thioether (sulfide) groups is 1. The minimum Gasteiger partial charge on any atom is -0.416 e. The second-order valence-electron chi connectivity index (χ2n) is 5.25. The molecule has 0 radical (unpaired) electrons. The molecule has 2 aromatic heterocycles. The van der Waals surface area contributed by atoms with Gasteiger partial charge in [0.1, 0.15) is 0 Å². The lowest BCUT2D eigenvalue weighted by molar-refractivity contribution is 0.102. The molecular weight excluding hydrogens is 310 g/mol. The fourth-order valence-electron chi connectivity index (χ4n) is 2.56. The van der Waals surface area contributed by atoms with Gasteiger partial charge < -0.3 is 8.98 Å². The Kier molecular flexibility index (Phi) is 4.34. The van der Waals surface area contributed by atoms with Crippen LogP contribution in [0.4, 0.5) is 0 Å². The van der Waals surface area contributed by atoms with Gasteiger partial charge in [0.05, 0.1) is 5.75 Å². The van der Waals surface area contributed by atoms with Gasteiger partial charge in [0, 0.05) is 29.6 Å². The predicted molar refractivity (Wildman–Crippen MR) is 89.3 cm³/mol. The van der Waals surface area contributed by atoms with Crippen LogP contribution in [0.1, 0.15) is 27.6 Å². The van der Waals surface area contributed by atoms with Crippen molar-refractivity contribution in [2.45, 2.75) is 26.0 Å². The third-order valence-corrected chi connectivity index (χ3v) is 4.40. The van der Waals surface area contributed by atoms with Crippen molar-refractivity contribution in [1.29, 1.82) is 0 Å². The van der Waals surface area contributed by atoms with E-state index in [4.69, 9.17) is 4.42 Å². The summed E-state index contributed by atoms with van der Waals surface area (Å²) in [6.45, 7) is 5.70. The highest BCUT2D eigenvalue weighted by Gasteiger charge is 2.17. The fourth-order valence-corrected chi connectivity index (χ4v) is 3.25. The summed E-state index contributed by atoms with van der Waals surface area (Å²) < 4.78 is 7.37. The van der Waals surface area contributed by atoms with Crippen molar-refractivity contribution in [3.05, 3.63) is 59.2 Å². The molecule has 6 heteroatoms. The van der Waals surface area contributed by atoms with Gasteiger partial charge >= 0.3 is 0 Å². The van der Waals surface area contributed by atoms with Crippen LogP contribution in [0.5, 0.6) is 0 Å². The number of para-hydroxylation sites is 1. The van der Waals surface area contributed by atoms with Crippen molar-refractivity contribution >= 4 is 17.5 Å². The number of carbonyl (C=O) groups excluding carboxylic acids is 1. The SMILES string of the molecule is Cc1nnc(SCC(=O)c2cc(C)n(-c3ccccc3)c2C)o1.